The molecule has 1 aromatic heterocycles. The Hall–Kier alpha value is -4.62. The number of carbonyl (C=O) groups is 2. The molecule has 1 heterocycles. The maximum absolute atomic E-state index is 12.9. The van der Waals surface area contributed by atoms with E-state index in [-0.39, 0.29) is 22.5 Å². The number of rotatable bonds is 6. The lowest BCUT2D eigenvalue weighted by Crippen LogP contribution is -2.21. The van der Waals surface area contributed by atoms with Gasteiger partial charge in [-0.05, 0) is 30.3 Å². The molecule has 9 nitrogen and oxygen atoms in total. The summed E-state index contributed by atoms with van der Waals surface area (Å²) >= 11 is 3.43. The van der Waals surface area contributed by atoms with E-state index in [1.807, 2.05) is 24.3 Å². The van der Waals surface area contributed by atoms with Gasteiger partial charge in [0.2, 0.25) is 0 Å². The van der Waals surface area contributed by atoms with Crippen LogP contribution in [0.5, 0.6) is 0 Å². The molecule has 1 amide bonds. The number of ether oxygens (including phenoxy) is 1. The van der Waals surface area contributed by atoms with Crippen molar-refractivity contribution in [3.63, 3.8) is 0 Å². The standard InChI is InChI=1S/C25H15BrN4O5/c26-17-5-3-4-15(10-17)23-12-20(19-6-1-2-7-22(19)28-23)25(32)35-14-24(31)29-21-9-8-18(30(33)34)11-16(21)13-27/h1-12H,14H2,(H,29,31). The summed E-state index contributed by atoms with van der Waals surface area (Å²) in [5, 5.41) is 23.1. The number of aromatic nitrogens is 1. The number of para-hydroxylation sites is 1. The average Bonchev–Trinajstić information content (AvgIpc) is 2.86. The molecule has 0 aliphatic carbocycles. The molecule has 0 radical (unpaired) electrons. The molecular weight excluding hydrogens is 516 g/mol. The highest BCUT2D eigenvalue weighted by molar-refractivity contribution is 9.10. The quantitative estimate of drug-likeness (QED) is 0.204. The number of carbonyl (C=O) groups excluding carboxylic acids is 2. The van der Waals surface area contributed by atoms with Crippen LogP contribution in [0.2, 0.25) is 0 Å². The van der Waals surface area contributed by atoms with Gasteiger partial charge in [-0.15, -0.1) is 0 Å². The van der Waals surface area contributed by atoms with Crippen LogP contribution in [-0.2, 0) is 9.53 Å². The Morgan fingerprint density at radius 2 is 1.89 bits per heavy atom. The molecule has 0 saturated heterocycles. The number of fused-ring (bicyclic) bond motifs is 1. The minimum atomic E-state index is -0.723. The van der Waals surface area contributed by atoms with Crippen molar-refractivity contribution < 1.29 is 19.2 Å². The highest BCUT2D eigenvalue weighted by Gasteiger charge is 2.18. The summed E-state index contributed by atoms with van der Waals surface area (Å²) in [5.41, 5.74) is 1.89. The number of hydrogen-bond acceptors (Lipinski definition) is 7. The molecule has 0 fully saturated rings. The number of non-ortho nitro benzene ring substituents is 1. The number of esters is 1. The average molecular weight is 531 g/mol. The number of nitro benzene ring substituents is 1. The molecule has 0 aliphatic heterocycles. The Bertz CT molecular complexity index is 1530. The van der Waals surface area contributed by atoms with E-state index in [9.17, 15) is 25.0 Å². The third-order valence-electron chi connectivity index (χ3n) is 5.00. The number of nitrogens with zero attached hydrogens (tertiary/aromatic N) is 3. The Kier molecular flexibility index (Phi) is 6.80. The van der Waals surface area contributed by atoms with Crippen LogP contribution in [0.25, 0.3) is 22.2 Å². The number of halogens is 1. The fourth-order valence-electron chi connectivity index (χ4n) is 3.38. The van der Waals surface area contributed by atoms with E-state index in [4.69, 9.17) is 4.74 Å². The van der Waals surface area contributed by atoms with Gasteiger partial charge in [-0.2, -0.15) is 5.26 Å². The van der Waals surface area contributed by atoms with E-state index >= 15 is 0 Å². The van der Waals surface area contributed by atoms with Crippen LogP contribution in [0, 0.1) is 21.4 Å². The van der Waals surface area contributed by atoms with Gasteiger partial charge in [0.1, 0.15) is 6.07 Å². The maximum Gasteiger partial charge on any atom is 0.339 e. The molecule has 0 aliphatic rings. The van der Waals surface area contributed by atoms with Gasteiger partial charge in [0.25, 0.3) is 11.6 Å². The highest BCUT2D eigenvalue weighted by Crippen LogP contribution is 2.27. The third kappa shape index (κ3) is 5.31. The second-order valence-corrected chi connectivity index (χ2v) is 8.22. The number of anilines is 1. The van der Waals surface area contributed by atoms with Gasteiger partial charge in [0, 0.05) is 27.6 Å². The summed E-state index contributed by atoms with van der Waals surface area (Å²) in [6.45, 7) is -0.621. The van der Waals surface area contributed by atoms with E-state index < -0.39 is 23.4 Å². The van der Waals surface area contributed by atoms with Crippen molar-refractivity contribution in [2.45, 2.75) is 0 Å². The first-order valence-corrected chi connectivity index (χ1v) is 11.0. The predicted molar refractivity (Wildman–Crippen MR) is 132 cm³/mol. The first-order valence-electron chi connectivity index (χ1n) is 10.2. The molecule has 35 heavy (non-hydrogen) atoms. The van der Waals surface area contributed by atoms with Crippen molar-refractivity contribution in [1.29, 1.82) is 5.26 Å². The zero-order valence-electron chi connectivity index (χ0n) is 17.9. The lowest BCUT2D eigenvalue weighted by molar-refractivity contribution is -0.384. The van der Waals surface area contributed by atoms with Crippen LogP contribution >= 0.6 is 15.9 Å². The number of amides is 1. The molecule has 4 aromatic rings. The van der Waals surface area contributed by atoms with Crippen molar-refractivity contribution in [2.24, 2.45) is 0 Å². The second-order valence-electron chi connectivity index (χ2n) is 7.31. The summed E-state index contributed by atoms with van der Waals surface area (Å²) in [5.74, 6) is -1.42. The van der Waals surface area contributed by atoms with E-state index in [0.717, 1.165) is 22.2 Å². The number of nitriles is 1. The molecule has 10 heteroatoms. The van der Waals surface area contributed by atoms with Gasteiger partial charge in [0.15, 0.2) is 6.61 Å². The zero-order valence-corrected chi connectivity index (χ0v) is 19.5. The maximum atomic E-state index is 12.9. The van der Waals surface area contributed by atoms with E-state index in [1.54, 1.807) is 36.4 Å². The largest absolute Gasteiger partial charge is 0.452 e. The van der Waals surface area contributed by atoms with Crippen molar-refractivity contribution in [1.82, 2.24) is 4.98 Å². The highest BCUT2D eigenvalue weighted by atomic mass is 79.9. The van der Waals surface area contributed by atoms with Gasteiger partial charge in [-0.3, -0.25) is 14.9 Å². The molecule has 0 saturated carbocycles. The van der Waals surface area contributed by atoms with Crippen molar-refractivity contribution in [3.8, 4) is 17.3 Å². The number of hydrogen-bond donors (Lipinski definition) is 1. The summed E-state index contributed by atoms with van der Waals surface area (Å²) in [7, 11) is 0. The topological polar surface area (TPSA) is 135 Å². The van der Waals surface area contributed by atoms with Gasteiger partial charge in [-0.25, -0.2) is 9.78 Å². The molecule has 0 spiro atoms. The van der Waals surface area contributed by atoms with Crippen LogP contribution in [0.3, 0.4) is 0 Å². The first-order chi connectivity index (χ1) is 16.9. The van der Waals surface area contributed by atoms with Crippen LogP contribution < -0.4 is 5.32 Å². The number of benzene rings is 3. The smallest absolute Gasteiger partial charge is 0.339 e. The predicted octanol–water partition coefficient (Wildman–Crippen LogP) is 5.24. The molecular formula is C25H15BrN4O5. The first kappa shape index (κ1) is 23.5. The SMILES string of the molecule is N#Cc1cc([N+](=O)[O-])ccc1NC(=O)COC(=O)c1cc(-c2cccc(Br)c2)nc2ccccc12. The van der Waals surface area contributed by atoms with E-state index in [0.29, 0.717) is 16.6 Å². The minimum Gasteiger partial charge on any atom is -0.452 e. The lowest BCUT2D eigenvalue weighted by Gasteiger charge is -2.11. The minimum absolute atomic E-state index is 0.0745. The van der Waals surface area contributed by atoms with E-state index in [1.165, 1.54) is 6.07 Å². The molecule has 172 valence electrons. The van der Waals surface area contributed by atoms with Gasteiger partial charge < -0.3 is 10.1 Å². The fraction of sp³-hybridized carbons (Fsp3) is 0.0400. The van der Waals surface area contributed by atoms with Gasteiger partial charge in [0.05, 0.1) is 32.9 Å². The number of pyridine rings is 1. The van der Waals surface area contributed by atoms with Crippen molar-refractivity contribution >= 4 is 50.1 Å². The number of nitrogens with one attached hydrogen (secondary N) is 1. The Labute approximate surface area is 207 Å². The van der Waals surface area contributed by atoms with Gasteiger partial charge in [-0.1, -0.05) is 46.3 Å². The van der Waals surface area contributed by atoms with Crippen LogP contribution in [0.4, 0.5) is 11.4 Å². The monoisotopic (exact) mass is 530 g/mol. The van der Waals surface area contributed by atoms with Crippen LogP contribution in [-0.4, -0.2) is 28.4 Å². The molecule has 1 N–H and O–H groups in total. The third-order valence-corrected chi connectivity index (χ3v) is 5.49. The molecule has 4 rings (SSSR count). The lowest BCUT2D eigenvalue weighted by atomic mass is 10.0. The van der Waals surface area contributed by atoms with Gasteiger partial charge >= 0.3 is 5.97 Å². The zero-order chi connectivity index (χ0) is 24.9. The van der Waals surface area contributed by atoms with Crippen LogP contribution in [0.15, 0.2) is 77.3 Å². The summed E-state index contributed by atoms with van der Waals surface area (Å²) < 4.78 is 6.10. The normalized spacial score (nSPS) is 10.4. The summed E-state index contributed by atoms with van der Waals surface area (Å²) in [6.07, 6.45) is 0. The summed E-state index contributed by atoms with van der Waals surface area (Å²) in [4.78, 5) is 40.2. The Morgan fingerprint density at radius 1 is 1.09 bits per heavy atom. The number of nitro groups is 1. The molecule has 0 unspecified atom stereocenters. The summed E-state index contributed by atoms with van der Waals surface area (Å²) in [6, 6.07) is 21.4. The Morgan fingerprint density at radius 3 is 2.63 bits per heavy atom. The molecule has 0 bridgehead atoms. The van der Waals surface area contributed by atoms with Crippen LogP contribution in [0.1, 0.15) is 15.9 Å². The second kappa shape index (κ2) is 10.1. The van der Waals surface area contributed by atoms with E-state index in [2.05, 4.69) is 26.2 Å². The van der Waals surface area contributed by atoms with Crippen molar-refractivity contribution in [3.05, 3.63) is 98.5 Å². The Balaban J connectivity index is 1.55. The molecule has 3 aromatic carbocycles. The molecule has 0 atom stereocenters. The fourth-order valence-corrected chi connectivity index (χ4v) is 3.78. The van der Waals surface area contributed by atoms with Crippen molar-refractivity contribution in [2.75, 3.05) is 11.9 Å².